The van der Waals surface area contributed by atoms with Gasteiger partial charge in [-0.05, 0) is 37.5 Å². The van der Waals surface area contributed by atoms with Gasteiger partial charge in [-0.15, -0.1) is 0 Å². The van der Waals surface area contributed by atoms with Crippen molar-refractivity contribution in [3.8, 4) is 0 Å². The lowest BCUT2D eigenvalue weighted by Gasteiger charge is -2.44. The van der Waals surface area contributed by atoms with Gasteiger partial charge in [-0.3, -0.25) is 4.79 Å². The van der Waals surface area contributed by atoms with Gasteiger partial charge in [0.2, 0.25) is 0 Å². The molecule has 2 saturated heterocycles. The molecule has 2 aliphatic rings. The average Bonchev–Trinajstić information content (AvgIpc) is 3.23. The van der Waals surface area contributed by atoms with Gasteiger partial charge in [-0.25, -0.2) is 0 Å². The number of hydrogen-bond donors (Lipinski definition) is 1. The van der Waals surface area contributed by atoms with Crippen LogP contribution in [0, 0.1) is 0 Å². The number of ether oxygens (including phenoxy) is 2. The predicted molar refractivity (Wildman–Crippen MR) is 83.1 cm³/mol. The SMILES string of the molecule is CO[C@H]1CCN(C(=O)c2ccc3n[nH]nc3c2)C[C@@]12CCCO2. The second-order valence-electron chi connectivity index (χ2n) is 6.28. The van der Waals surface area contributed by atoms with Gasteiger partial charge in [0.05, 0.1) is 12.6 Å². The fourth-order valence-electron chi connectivity index (χ4n) is 3.80. The number of fused-ring (bicyclic) bond motifs is 1. The van der Waals surface area contributed by atoms with Crippen molar-refractivity contribution >= 4 is 16.9 Å². The van der Waals surface area contributed by atoms with E-state index >= 15 is 0 Å². The third kappa shape index (κ3) is 2.40. The van der Waals surface area contributed by atoms with Crippen LogP contribution in [0.3, 0.4) is 0 Å². The fraction of sp³-hybridized carbons (Fsp3) is 0.562. The molecule has 1 N–H and O–H groups in total. The van der Waals surface area contributed by atoms with E-state index in [4.69, 9.17) is 9.47 Å². The number of carbonyl (C=O) groups is 1. The minimum atomic E-state index is -0.347. The van der Waals surface area contributed by atoms with Crippen molar-refractivity contribution in [1.29, 1.82) is 0 Å². The first-order valence-electron chi connectivity index (χ1n) is 7.98. The first kappa shape index (κ1) is 14.6. The number of piperidine rings is 1. The number of benzene rings is 1. The zero-order chi connectivity index (χ0) is 15.9. The van der Waals surface area contributed by atoms with E-state index < -0.39 is 0 Å². The van der Waals surface area contributed by atoms with Crippen LogP contribution in [-0.4, -0.2) is 64.7 Å². The molecule has 2 fully saturated rings. The summed E-state index contributed by atoms with van der Waals surface area (Å²) in [6, 6.07) is 5.40. The summed E-state index contributed by atoms with van der Waals surface area (Å²) < 4.78 is 11.6. The standard InChI is InChI=1S/C16H20N4O3/c1-22-14-5-7-20(10-16(14)6-2-8-23-16)15(21)11-3-4-12-13(9-11)18-19-17-12/h3-4,9,14H,2,5-8,10H2,1H3,(H,17,18,19)/t14-,16-/m0/s1. The Morgan fingerprint density at radius 3 is 3.09 bits per heavy atom. The summed E-state index contributed by atoms with van der Waals surface area (Å²) in [6.45, 7) is 2.01. The number of nitrogens with zero attached hydrogens (tertiary/aromatic N) is 3. The Hall–Kier alpha value is -1.99. The lowest BCUT2D eigenvalue weighted by molar-refractivity contribution is -0.137. The van der Waals surface area contributed by atoms with Crippen LogP contribution in [0.1, 0.15) is 29.6 Å². The smallest absolute Gasteiger partial charge is 0.254 e. The quantitative estimate of drug-likeness (QED) is 0.905. The van der Waals surface area contributed by atoms with E-state index in [2.05, 4.69) is 15.4 Å². The number of nitrogens with one attached hydrogen (secondary N) is 1. The van der Waals surface area contributed by atoms with E-state index in [9.17, 15) is 4.79 Å². The third-order valence-corrected chi connectivity index (χ3v) is 4.98. The van der Waals surface area contributed by atoms with Crippen LogP contribution in [0.5, 0.6) is 0 Å². The Labute approximate surface area is 133 Å². The van der Waals surface area contributed by atoms with Crippen LogP contribution in [0.4, 0.5) is 0 Å². The van der Waals surface area contributed by atoms with Crippen LogP contribution >= 0.6 is 0 Å². The van der Waals surface area contributed by atoms with E-state index in [1.165, 1.54) is 0 Å². The molecule has 0 radical (unpaired) electrons. The second-order valence-corrected chi connectivity index (χ2v) is 6.28. The largest absolute Gasteiger partial charge is 0.378 e. The number of aromatic amines is 1. The third-order valence-electron chi connectivity index (χ3n) is 4.98. The topological polar surface area (TPSA) is 80.3 Å². The molecule has 2 aliphatic heterocycles. The molecule has 7 heteroatoms. The summed E-state index contributed by atoms with van der Waals surface area (Å²) in [7, 11) is 1.73. The molecule has 2 aromatic rings. The van der Waals surface area contributed by atoms with Gasteiger partial charge in [-0.1, -0.05) is 0 Å². The zero-order valence-corrected chi connectivity index (χ0v) is 13.1. The van der Waals surface area contributed by atoms with E-state index in [1.807, 2.05) is 11.0 Å². The summed E-state index contributed by atoms with van der Waals surface area (Å²) in [5.74, 6) is 0.0133. The highest BCUT2D eigenvalue weighted by molar-refractivity contribution is 5.97. The van der Waals surface area contributed by atoms with Gasteiger partial charge in [0.25, 0.3) is 5.91 Å². The first-order chi connectivity index (χ1) is 11.2. The van der Waals surface area contributed by atoms with Crippen LogP contribution in [0.2, 0.25) is 0 Å². The van der Waals surface area contributed by atoms with E-state index in [-0.39, 0.29) is 17.6 Å². The molecule has 0 unspecified atom stereocenters. The molecule has 3 heterocycles. The number of amides is 1. The second kappa shape index (κ2) is 5.58. The van der Waals surface area contributed by atoms with Crippen LogP contribution < -0.4 is 0 Å². The highest BCUT2D eigenvalue weighted by Crippen LogP contribution is 2.36. The Balaban J connectivity index is 1.58. The summed E-state index contributed by atoms with van der Waals surface area (Å²) in [5.41, 5.74) is 1.75. The van der Waals surface area contributed by atoms with Crippen LogP contribution in [0.15, 0.2) is 18.2 Å². The van der Waals surface area contributed by atoms with E-state index in [0.717, 1.165) is 31.4 Å². The van der Waals surface area contributed by atoms with Gasteiger partial charge in [0.1, 0.15) is 16.6 Å². The molecule has 2 atom stereocenters. The molecule has 4 rings (SSSR count). The number of carbonyl (C=O) groups excluding carboxylic acids is 1. The highest BCUT2D eigenvalue weighted by Gasteiger charge is 2.48. The summed E-state index contributed by atoms with van der Waals surface area (Å²) >= 11 is 0. The van der Waals surface area contributed by atoms with E-state index in [1.54, 1.807) is 19.2 Å². The van der Waals surface area contributed by atoms with Crippen molar-refractivity contribution in [3.05, 3.63) is 23.8 Å². The van der Waals surface area contributed by atoms with Crippen LogP contribution in [0.25, 0.3) is 11.0 Å². The maximum absolute atomic E-state index is 12.9. The zero-order valence-electron chi connectivity index (χ0n) is 13.1. The molecule has 1 aromatic carbocycles. The summed E-state index contributed by atoms with van der Waals surface area (Å²) in [5, 5.41) is 10.6. The Morgan fingerprint density at radius 2 is 2.30 bits per heavy atom. The number of likely N-dealkylation sites (tertiary alicyclic amines) is 1. The molecule has 7 nitrogen and oxygen atoms in total. The van der Waals surface area contributed by atoms with Gasteiger partial charge in [-0.2, -0.15) is 15.4 Å². The number of aromatic nitrogens is 3. The van der Waals surface area contributed by atoms with Gasteiger partial charge in [0, 0.05) is 25.8 Å². The van der Waals surface area contributed by atoms with Crippen molar-refractivity contribution in [2.24, 2.45) is 0 Å². The fourth-order valence-corrected chi connectivity index (χ4v) is 3.80. The van der Waals surface area contributed by atoms with Gasteiger partial charge < -0.3 is 14.4 Å². The van der Waals surface area contributed by atoms with Crippen molar-refractivity contribution in [3.63, 3.8) is 0 Å². The Kier molecular flexibility index (Phi) is 3.54. The van der Waals surface area contributed by atoms with Crippen LogP contribution in [-0.2, 0) is 9.47 Å². The van der Waals surface area contributed by atoms with Crippen molar-refractivity contribution < 1.29 is 14.3 Å². The maximum Gasteiger partial charge on any atom is 0.254 e. The molecule has 0 saturated carbocycles. The lowest BCUT2D eigenvalue weighted by Crippen LogP contribution is -2.58. The molecule has 0 aliphatic carbocycles. The molecule has 1 spiro atoms. The van der Waals surface area contributed by atoms with Crippen molar-refractivity contribution in [2.45, 2.75) is 31.0 Å². The first-order valence-corrected chi connectivity index (χ1v) is 7.98. The molecular weight excluding hydrogens is 296 g/mol. The lowest BCUT2D eigenvalue weighted by atomic mass is 9.86. The molecular formula is C16H20N4O3. The van der Waals surface area contributed by atoms with Crippen molar-refractivity contribution in [2.75, 3.05) is 26.8 Å². The maximum atomic E-state index is 12.9. The summed E-state index contributed by atoms with van der Waals surface area (Å²) in [4.78, 5) is 14.7. The molecule has 1 aromatic heterocycles. The predicted octanol–water partition coefficient (Wildman–Crippen LogP) is 1.37. The molecule has 0 bridgehead atoms. The highest BCUT2D eigenvalue weighted by atomic mass is 16.6. The Morgan fingerprint density at radius 1 is 1.43 bits per heavy atom. The number of H-pyrrole nitrogens is 1. The van der Waals surface area contributed by atoms with E-state index in [0.29, 0.717) is 24.2 Å². The number of hydrogen-bond acceptors (Lipinski definition) is 5. The van der Waals surface area contributed by atoms with Gasteiger partial charge in [0.15, 0.2) is 0 Å². The molecule has 122 valence electrons. The van der Waals surface area contributed by atoms with Crippen molar-refractivity contribution in [1.82, 2.24) is 20.3 Å². The minimum Gasteiger partial charge on any atom is -0.378 e. The number of rotatable bonds is 2. The monoisotopic (exact) mass is 316 g/mol. The number of methoxy groups -OCH3 is 1. The van der Waals surface area contributed by atoms with Gasteiger partial charge >= 0.3 is 0 Å². The summed E-state index contributed by atoms with van der Waals surface area (Å²) in [6.07, 6.45) is 2.82. The average molecular weight is 316 g/mol. The molecule has 1 amide bonds. The normalized spacial score (nSPS) is 27.9. The Bertz CT molecular complexity index is 723. The molecule has 23 heavy (non-hydrogen) atoms. The minimum absolute atomic E-state index is 0.0133.